The van der Waals surface area contributed by atoms with E-state index in [1.54, 1.807) is 13.3 Å². The number of hydrazone groups is 1. The Balaban J connectivity index is 1.68. The van der Waals surface area contributed by atoms with E-state index < -0.39 is 0 Å². The summed E-state index contributed by atoms with van der Waals surface area (Å²) in [5.74, 6) is 1.11. The summed E-state index contributed by atoms with van der Waals surface area (Å²) in [7, 11) is 1.62. The molecule has 3 rings (SSSR count). The molecular formula is C25H33N3O2. The minimum atomic E-state index is -0.143. The van der Waals surface area contributed by atoms with Crippen LogP contribution in [0.2, 0.25) is 0 Å². The minimum Gasteiger partial charge on any atom is -0.497 e. The van der Waals surface area contributed by atoms with Crippen LogP contribution in [0, 0.1) is 0 Å². The van der Waals surface area contributed by atoms with E-state index in [1.807, 2.05) is 24.3 Å². The van der Waals surface area contributed by atoms with Crippen LogP contribution < -0.4 is 15.1 Å². The Morgan fingerprint density at radius 1 is 1.27 bits per heavy atom. The fourth-order valence-electron chi connectivity index (χ4n) is 4.68. The third kappa shape index (κ3) is 4.84. The molecule has 1 N–H and O–H groups in total. The molecule has 0 aromatic heterocycles. The Labute approximate surface area is 180 Å². The van der Waals surface area contributed by atoms with Gasteiger partial charge in [0.05, 0.1) is 19.7 Å². The standard InChI is InChI=1S/C25H33N3O2/c1-17(2)28-23-12-9-20(13-22(23)18(3)15-25(28,4)5)16-26-27-24(29)14-19-7-10-21(30-6)11-8-19/h7-13,16-18H,14-15H2,1-6H3,(H,27,29)/b26-16-. The average Bonchev–Trinajstić information content (AvgIpc) is 2.68. The van der Waals surface area contributed by atoms with Crippen LogP contribution in [0.4, 0.5) is 5.69 Å². The van der Waals surface area contributed by atoms with Crippen LogP contribution >= 0.6 is 0 Å². The lowest BCUT2D eigenvalue weighted by atomic mass is 9.79. The van der Waals surface area contributed by atoms with E-state index in [4.69, 9.17) is 4.74 Å². The predicted octanol–water partition coefficient (Wildman–Crippen LogP) is 4.89. The third-order valence-electron chi connectivity index (χ3n) is 5.74. The zero-order valence-electron chi connectivity index (χ0n) is 18.9. The summed E-state index contributed by atoms with van der Waals surface area (Å²) < 4.78 is 5.14. The molecule has 0 radical (unpaired) electrons. The molecule has 1 heterocycles. The Morgan fingerprint density at radius 2 is 1.97 bits per heavy atom. The van der Waals surface area contributed by atoms with Gasteiger partial charge >= 0.3 is 0 Å². The van der Waals surface area contributed by atoms with Gasteiger partial charge in [-0.05, 0) is 81.0 Å². The van der Waals surface area contributed by atoms with E-state index in [0.29, 0.717) is 12.0 Å². The molecular weight excluding hydrogens is 374 g/mol. The number of carbonyl (C=O) groups is 1. The number of fused-ring (bicyclic) bond motifs is 1. The number of hydrogen-bond acceptors (Lipinski definition) is 4. The van der Waals surface area contributed by atoms with Crippen molar-refractivity contribution in [1.29, 1.82) is 0 Å². The van der Waals surface area contributed by atoms with Crippen molar-refractivity contribution in [3.8, 4) is 5.75 Å². The van der Waals surface area contributed by atoms with Crippen molar-refractivity contribution in [2.45, 2.75) is 65.0 Å². The van der Waals surface area contributed by atoms with E-state index in [2.05, 4.69) is 68.2 Å². The molecule has 160 valence electrons. The van der Waals surface area contributed by atoms with Gasteiger partial charge in [-0.25, -0.2) is 5.43 Å². The van der Waals surface area contributed by atoms with Gasteiger partial charge < -0.3 is 9.64 Å². The molecule has 2 aromatic rings. The Kier molecular flexibility index (Phi) is 6.49. The van der Waals surface area contributed by atoms with Crippen LogP contribution in [0.15, 0.2) is 47.6 Å². The van der Waals surface area contributed by atoms with E-state index in [-0.39, 0.29) is 17.9 Å². The van der Waals surface area contributed by atoms with Crippen molar-refractivity contribution >= 4 is 17.8 Å². The Morgan fingerprint density at radius 3 is 2.60 bits per heavy atom. The molecule has 0 fully saturated rings. The van der Waals surface area contributed by atoms with Gasteiger partial charge in [-0.2, -0.15) is 5.10 Å². The predicted molar refractivity (Wildman–Crippen MR) is 124 cm³/mol. The van der Waals surface area contributed by atoms with Crippen molar-refractivity contribution in [3.05, 3.63) is 59.2 Å². The summed E-state index contributed by atoms with van der Waals surface area (Å²) in [5.41, 5.74) is 7.32. The summed E-state index contributed by atoms with van der Waals surface area (Å²) >= 11 is 0. The van der Waals surface area contributed by atoms with Crippen molar-refractivity contribution in [2.24, 2.45) is 5.10 Å². The number of hydrogen-bond donors (Lipinski definition) is 1. The van der Waals surface area contributed by atoms with Crippen LogP contribution in [0.5, 0.6) is 5.75 Å². The van der Waals surface area contributed by atoms with E-state index >= 15 is 0 Å². The number of nitrogens with zero attached hydrogens (tertiary/aromatic N) is 2. The maximum absolute atomic E-state index is 12.2. The molecule has 2 aromatic carbocycles. The SMILES string of the molecule is COc1ccc(CC(=O)N/N=C\c2ccc3c(c2)C(C)CC(C)(C)N3C(C)C)cc1. The molecule has 0 aliphatic carbocycles. The number of methoxy groups -OCH3 is 1. The zero-order chi connectivity index (χ0) is 21.9. The summed E-state index contributed by atoms with van der Waals surface area (Å²) in [6.45, 7) is 11.4. The van der Waals surface area contributed by atoms with Crippen LogP contribution in [0.25, 0.3) is 0 Å². The molecule has 0 saturated heterocycles. The lowest BCUT2D eigenvalue weighted by Gasteiger charge is -2.50. The highest BCUT2D eigenvalue weighted by molar-refractivity contribution is 5.84. The molecule has 5 nitrogen and oxygen atoms in total. The second-order valence-electron chi connectivity index (χ2n) is 9.02. The van der Waals surface area contributed by atoms with Crippen LogP contribution in [0.3, 0.4) is 0 Å². The van der Waals surface area contributed by atoms with Crippen LogP contribution in [-0.2, 0) is 11.2 Å². The van der Waals surface area contributed by atoms with Crippen LogP contribution in [-0.4, -0.2) is 30.8 Å². The Hall–Kier alpha value is -2.82. The smallest absolute Gasteiger partial charge is 0.244 e. The van der Waals surface area contributed by atoms with Gasteiger partial charge in [0.1, 0.15) is 5.75 Å². The topological polar surface area (TPSA) is 53.9 Å². The number of anilines is 1. The number of rotatable bonds is 6. The molecule has 1 amide bonds. The quantitative estimate of drug-likeness (QED) is 0.548. The molecule has 1 aliphatic rings. The van der Waals surface area contributed by atoms with Gasteiger partial charge in [0, 0.05) is 17.3 Å². The molecule has 1 unspecified atom stereocenters. The van der Waals surface area contributed by atoms with Crippen molar-refractivity contribution in [2.75, 3.05) is 12.0 Å². The molecule has 1 aliphatic heterocycles. The molecule has 0 spiro atoms. The monoisotopic (exact) mass is 407 g/mol. The Bertz CT molecular complexity index is 916. The largest absolute Gasteiger partial charge is 0.497 e. The normalized spacial score (nSPS) is 17.8. The average molecular weight is 408 g/mol. The highest BCUT2D eigenvalue weighted by Gasteiger charge is 2.37. The fourth-order valence-corrected chi connectivity index (χ4v) is 4.68. The number of nitrogens with one attached hydrogen (secondary N) is 1. The summed E-state index contributed by atoms with van der Waals surface area (Å²) in [6, 6.07) is 14.4. The molecule has 0 saturated carbocycles. The third-order valence-corrected chi connectivity index (χ3v) is 5.74. The lowest BCUT2D eigenvalue weighted by Crippen LogP contribution is -2.51. The number of amides is 1. The fraction of sp³-hybridized carbons (Fsp3) is 0.440. The molecule has 5 heteroatoms. The second kappa shape index (κ2) is 8.90. The molecule has 1 atom stereocenters. The number of carbonyl (C=O) groups excluding carboxylic acids is 1. The first-order valence-corrected chi connectivity index (χ1v) is 10.6. The highest BCUT2D eigenvalue weighted by Crippen LogP contribution is 2.44. The number of ether oxygens (including phenoxy) is 1. The van der Waals surface area contributed by atoms with Gasteiger partial charge in [0.15, 0.2) is 0 Å². The van der Waals surface area contributed by atoms with Gasteiger partial charge in [-0.3, -0.25) is 4.79 Å². The maximum Gasteiger partial charge on any atom is 0.244 e. The number of benzene rings is 2. The zero-order valence-corrected chi connectivity index (χ0v) is 18.9. The van der Waals surface area contributed by atoms with Crippen molar-refractivity contribution in [3.63, 3.8) is 0 Å². The summed E-state index contributed by atoms with van der Waals surface area (Å²) in [4.78, 5) is 14.7. The second-order valence-corrected chi connectivity index (χ2v) is 9.02. The van der Waals surface area contributed by atoms with Gasteiger partial charge in [0.25, 0.3) is 0 Å². The van der Waals surface area contributed by atoms with Crippen LogP contribution in [0.1, 0.15) is 63.6 Å². The van der Waals surface area contributed by atoms with E-state index in [1.165, 1.54) is 11.3 Å². The van der Waals surface area contributed by atoms with E-state index in [9.17, 15) is 4.79 Å². The first kappa shape index (κ1) is 21.9. The van der Waals surface area contributed by atoms with Crippen molar-refractivity contribution < 1.29 is 9.53 Å². The lowest BCUT2D eigenvalue weighted by molar-refractivity contribution is -0.120. The highest BCUT2D eigenvalue weighted by atomic mass is 16.5. The van der Waals surface area contributed by atoms with Gasteiger partial charge in [-0.15, -0.1) is 0 Å². The summed E-state index contributed by atoms with van der Waals surface area (Å²) in [6.07, 6.45) is 3.11. The van der Waals surface area contributed by atoms with Gasteiger partial charge in [0.2, 0.25) is 5.91 Å². The first-order chi connectivity index (χ1) is 14.2. The van der Waals surface area contributed by atoms with Gasteiger partial charge in [-0.1, -0.05) is 25.1 Å². The molecule has 0 bridgehead atoms. The van der Waals surface area contributed by atoms with Crippen molar-refractivity contribution in [1.82, 2.24) is 5.43 Å². The summed E-state index contributed by atoms with van der Waals surface area (Å²) in [5, 5.41) is 4.17. The molecule has 30 heavy (non-hydrogen) atoms. The van der Waals surface area contributed by atoms with E-state index in [0.717, 1.165) is 23.3 Å². The maximum atomic E-state index is 12.2. The first-order valence-electron chi connectivity index (χ1n) is 10.6. The minimum absolute atomic E-state index is 0.131.